The Morgan fingerprint density at radius 1 is 1.43 bits per heavy atom. The fourth-order valence-corrected chi connectivity index (χ4v) is 2.45. The Morgan fingerprint density at radius 2 is 2.09 bits per heavy atom. The molecule has 0 fully saturated rings. The van der Waals surface area contributed by atoms with E-state index in [2.05, 4.69) is 4.99 Å². The van der Waals surface area contributed by atoms with Crippen molar-refractivity contribution < 1.29 is 18.0 Å². The number of likely N-dealkylation sites (N-methyl/N-ethyl adjacent to an activating group) is 1. The van der Waals surface area contributed by atoms with E-state index in [0.29, 0.717) is 17.7 Å². The summed E-state index contributed by atoms with van der Waals surface area (Å²) in [5, 5.41) is 1.43. The van der Waals surface area contributed by atoms with E-state index in [1.165, 1.54) is 17.2 Å². The van der Waals surface area contributed by atoms with Gasteiger partial charge in [-0.05, 0) is 32.6 Å². The van der Waals surface area contributed by atoms with Gasteiger partial charge in [-0.3, -0.25) is 0 Å². The molecule has 1 aliphatic rings. The second-order valence-electron chi connectivity index (χ2n) is 5.63. The number of hydrogen-bond acceptors (Lipinski definition) is 4. The Morgan fingerprint density at radius 3 is 2.61 bits per heavy atom. The molecular weight excluding hydrogens is 331 g/mol. The minimum absolute atomic E-state index is 0.0866. The number of hydrogen-bond donors (Lipinski definition) is 0. The number of rotatable bonds is 4. The van der Waals surface area contributed by atoms with Crippen molar-refractivity contribution in [1.29, 1.82) is 0 Å². The zero-order chi connectivity index (χ0) is 17.4. The van der Waals surface area contributed by atoms with Crippen molar-refractivity contribution >= 4 is 17.4 Å². The standard InChI is InChI=1S/C15H17ClF3N3O/c1-9-5-6-11(7-12(9)16)13-20-14(15(17,18)19)23-22(13)10(2)8-21(3)4/h1,5-7,10,14H,8H2,2-4H3. The van der Waals surface area contributed by atoms with Crippen LogP contribution in [0.3, 0.4) is 0 Å². The van der Waals surface area contributed by atoms with Crippen LogP contribution in [0.4, 0.5) is 13.2 Å². The van der Waals surface area contributed by atoms with Crippen molar-refractivity contribution in [3.8, 4) is 0 Å². The highest BCUT2D eigenvalue weighted by Crippen LogP contribution is 2.32. The molecule has 0 saturated heterocycles. The Balaban J connectivity index is 2.37. The van der Waals surface area contributed by atoms with E-state index in [4.69, 9.17) is 23.4 Å². The molecule has 23 heavy (non-hydrogen) atoms. The fourth-order valence-electron chi connectivity index (χ4n) is 2.27. The molecule has 2 radical (unpaired) electrons. The Bertz CT molecular complexity index is 604. The van der Waals surface area contributed by atoms with Crippen molar-refractivity contribution in [1.82, 2.24) is 9.96 Å². The van der Waals surface area contributed by atoms with Crippen LogP contribution in [0.5, 0.6) is 0 Å². The zero-order valence-electron chi connectivity index (χ0n) is 12.9. The lowest BCUT2D eigenvalue weighted by atomic mass is 10.1. The SMILES string of the molecule is [CH]c1ccc(C2=NC(C(F)(F)F)ON2C(C)CN(C)C)cc1Cl. The maximum Gasteiger partial charge on any atom is 0.437 e. The van der Waals surface area contributed by atoms with Crippen LogP contribution < -0.4 is 0 Å². The average molecular weight is 348 g/mol. The smallest absolute Gasteiger partial charge is 0.307 e. The molecule has 1 aromatic rings. The molecule has 2 unspecified atom stereocenters. The second-order valence-corrected chi connectivity index (χ2v) is 6.03. The van der Waals surface area contributed by atoms with Gasteiger partial charge in [-0.25, -0.2) is 14.9 Å². The first-order valence-electron chi connectivity index (χ1n) is 6.90. The fraction of sp³-hybridized carbons (Fsp3) is 0.467. The molecular formula is C15H17ClF3N3O. The number of alkyl halides is 3. The van der Waals surface area contributed by atoms with E-state index >= 15 is 0 Å². The molecule has 0 N–H and O–H groups in total. The quantitative estimate of drug-likeness (QED) is 0.837. The Kier molecular flexibility index (Phi) is 5.23. The topological polar surface area (TPSA) is 28.1 Å². The zero-order valence-corrected chi connectivity index (χ0v) is 13.7. The van der Waals surface area contributed by atoms with Crippen LogP contribution in [0.1, 0.15) is 18.1 Å². The summed E-state index contributed by atoms with van der Waals surface area (Å²) in [6, 6.07) is 4.23. The van der Waals surface area contributed by atoms with E-state index in [-0.39, 0.29) is 16.9 Å². The first-order valence-corrected chi connectivity index (χ1v) is 7.28. The van der Waals surface area contributed by atoms with E-state index in [1.807, 2.05) is 19.0 Å². The third-order valence-corrected chi connectivity index (χ3v) is 3.56. The molecule has 1 aliphatic heterocycles. The molecule has 8 heteroatoms. The molecule has 0 amide bonds. The van der Waals surface area contributed by atoms with Gasteiger partial charge in [0.15, 0.2) is 5.84 Å². The summed E-state index contributed by atoms with van der Waals surface area (Å²) in [5.41, 5.74) is 0.761. The van der Waals surface area contributed by atoms with E-state index in [9.17, 15) is 13.2 Å². The summed E-state index contributed by atoms with van der Waals surface area (Å²) < 4.78 is 38.9. The molecule has 1 aromatic carbocycles. The van der Waals surface area contributed by atoms with Gasteiger partial charge in [0, 0.05) is 24.1 Å². The molecule has 4 nitrogen and oxygen atoms in total. The predicted molar refractivity (Wildman–Crippen MR) is 82.2 cm³/mol. The third-order valence-electron chi connectivity index (χ3n) is 3.23. The van der Waals surface area contributed by atoms with Crippen LogP contribution in [0.25, 0.3) is 0 Å². The van der Waals surface area contributed by atoms with Gasteiger partial charge in [-0.1, -0.05) is 23.7 Å². The van der Waals surface area contributed by atoms with Gasteiger partial charge in [0.1, 0.15) is 0 Å². The minimum atomic E-state index is -4.59. The van der Waals surface area contributed by atoms with Crippen LogP contribution in [0.2, 0.25) is 5.02 Å². The summed E-state index contributed by atoms with van der Waals surface area (Å²) in [6.07, 6.45) is -6.81. The lowest BCUT2D eigenvalue weighted by molar-refractivity contribution is -0.268. The summed E-state index contributed by atoms with van der Waals surface area (Å²) in [6.45, 7) is 7.89. The number of hydroxylamine groups is 2. The molecule has 0 saturated carbocycles. The Labute approximate surface area is 138 Å². The number of amidine groups is 1. The van der Waals surface area contributed by atoms with Gasteiger partial charge in [0.25, 0.3) is 6.23 Å². The second kappa shape index (κ2) is 6.67. The highest BCUT2D eigenvalue weighted by atomic mass is 35.5. The molecule has 2 rings (SSSR count). The first-order chi connectivity index (χ1) is 10.6. The molecule has 0 spiro atoms. The van der Waals surface area contributed by atoms with Crippen LogP contribution in [-0.4, -0.2) is 54.9 Å². The maximum absolute atomic E-state index is 13.0. The highest BCUT2D eigenvalue weighted by Gasteiger charge is 2.48. The van der Waals surface area contributed by atoms with Crippen LogP contribution in [0.15, 0.2) is 23.2 Å². The lowest BCUT2D eigenvalue weighted by Crippen LogP contribution is -2.43. The van der Waals surface area contributed by atoms with Gasteiger partial charge in [0.05, 0.1) is 6.04 Å². The van der Waals surface area contributed by atoms with E-state index < -0.39 is 12.4 Å². The van der Waals surface area contributed by atoms with Gasteiger partial charge in [-0.2, -0.15) is 13.2 Å². The first kappa shape index (κ1) is 18.0. The van der Waals surface area contributed by atoms with E-state index in [1.54, 1.807) is 13.0 Å². The number of aliphatic imine (C=N–C) groups is 1. The molecule has 0 aromatic heterocycles. The van der Waals surface area contributed by atoms with Crippen LogP contribution in [0, 0.1) is 6.92 Å². The van der Waals surface area contributed by atoms with Crippen LogP contribution >= 0.6 is 11.6 Å². The predicted octanol–water partition coefficient (Wildman–Crippen LogP) is 3.23. The minimum Gasteiger partial charge on any atom is -0.307 e. The Hall–Kier alpha value is -1.31. The normalized spacial score (nSPS) is 20.1. The number of nitrogens with zero attached hydrogens (tertiary/aromatic N) is 3. The van der Waals surface area contributed by atoms with Crippen molar-refractivity contribution in [2.24, 2.45) is 4.99 Å². The van der Waals surface area contributed by atoms with Crippen molar-refractivity contribution in [2.45, 2.75) is 25.4 Å². The summed E-state index contributed by atoms with van der Waals surface area (Å²) in [5.74, 6) is 0.0866. The maximum atomic E-state index is 13.0. The molecule has 2 atom stereocenters. The number of halogens is 4. The van der Waals surface area contributed by atoms with Gasteiger partial charge in [0.2, 0.25) is 0 Å². The van der Waals surface area contributed by atoms with Gasteiger partial charge >= 0.3 is 6.18 Å². The third kappa shape index (κ3) is 4.16. The molecule has 0 bridgehead atoms. The molecule has 0 aliphatic carbocycles. The van der Waals surface area contributed by atoms with Crippen molar-refractivity contribution in [2.75, 3.05) is 20.6 Å². The average Bonchev–Trinajstić information content (AvgIpc) is 2.86. The molecule has 126 valence electrons. The summed E-state index contributed by atoms with van der Waals surface area (Å²) in [4.78, 5) is 10.6. The van der Waals surface area contributed by atoms with Crippen molar-refractivity contribution in [3.63, 3.8) is 0 Å². The monoisotopic (exact) mass is 347 g/mol. The van der Waals surface area contributed by atoms with Gasteiger partial charge < -0.3 is 4.90 Å². The summed E-state index contributed by atoms with van der Waals surface area (Å²) >= 11 is 5.96. The molecule has 1 heterocycles. The van der Waals surface area contributed by atoms with Crippen LogP contribution in [-0.2, 0) is 4.84 Å². The largest absolute Gasteiger partial charge is 0.437 e. The highest BCUT2D eigenvalue weighted by molar-refractivity contribution is 6.31. The van der Waals surface area contributed by atoms with Gasteiger partial charge in [-0.15, -0.1) is 0 Å². The van der Waals surface area contributed by atoms with E-state index in [0.717, 1.165) is 0 Å². The lowest BCUT2D eigenvalue weighted by Gasteiger charge is -2.29. The number of benzene rings is 1. The summed E-state index contributed by atoms with van der Waals surface area (Å²) in [7, 11) is 3.65. The van der Waals surface area contributed by atoms with Crippen molar-refractivity contribution in [3.05, 3.63) is 41.3 Å².